The minimum atomic E-state index is -0.445. The number of piperidine rings is 1. The first kappa shape index (κ1) is 14.3. The molecule has 0 radical (unpaired) electrons. The van der Waals surface area contributed by atoms with Gasteiger partial charge in [-0.15, -0.1) is 0 Å². The average molecular weight is 255 g/mol. The van der Waals surface area contributed by atoms with Gasteiger partial charge in [0.1, 0.15) is 0 Å². The zero-order valence-corrected chi connectivity index (χ0v) is 11.9. The van der Waals surface area contributed by atoms with Crippen molar-refractivity contribution in [3.63, 3.8) is 0 Å². The van der Waals surface area contributed by atoms with Crippen molar-refractivity contribution in [2.24, 2.45) is 5.92 Å². The summed E-state index contributed by atoms with van der Waals surface area (Å²) in [5.41, 5.74) is -0.445. The Labute approximate surface area is 112 Å². The Bertz CT molecular complexity index is 237. The molecule has 0 amide bonds. The molecule has 1 N–H and O–H groups in total. The van der Waals surface area contributed by atoms with Gasteiger partial charge in [0.25, 0.3) is 0 Å². The number of ether oxygens (including phenoxy) is 1. The minimum absolute atomic E-state index is 0.445. The van der Waals surface area contributed by atoms with Crippen LogP contribution in [0.5, 0.6) is 0 Å². The highest BCUT2D eigenvalue weighted by Gasteiger charge is 2.27. The lowest BCUT2D eigenvalue weighted by Gasteiger charge is -2.36. The topological polar surface area (TPSA) is 32.7 Å². The molecule has 1 atom stereocenters. The van der Waals surface area contributed by atoms with Crippen LogP contribution in [0.3, 0.4) is 0 Å². The van der Waals surface area contributed by atoms with Gasteiger partial charge in [0, 0.05) is 19.8 Å². The van der Waals surface area contributed by atoms with Crippen LogP contribution in [0.1, 0.15) is 51.9 Å². The number of rotatable bonds is 5. The smallest absolute Gasteiger partial charge is 0.0746 e. The molecule has 2 aliphatic heterocycles. The second kappa shape index (κ2) is 6.88. The quantitative estimate of drug-likeness (QED) is 0.766. The van der Waals surface area contributed by atoms with Crippen molar-refractivity contribution in [1.29, 1.82) is 0 Å². The van der Waals surface area contributed by atoms with E-state index >= 15 is 0 Å². The van der Waals surface area contributed by atoms with Crippen LogP contribution in [0.25, 0.3) is 0 Å². The molecule has 2 rings (SSSR count). The zero-order chi connectivity index (χ0) is 12.8. The molecule has 3 heteroatoms. The van der Waals surface area contributed by atoms with E-state index in [1.165, 1.54) is 45.2 Å². The molecule has 0 spiro atoms. The highest BCUT2D eigenvalue weighted by Crippen LogP contribution is 2.23. The summed E-state index contributed by atoms with van der Waals surface area (Å²) in [5.74, 6) is 0.906. The maximum atomic E-state index is 10.0. The SMILES string of the molecule is CC1(O)CCCN(CCCCC2CCOCC2)C1. The minimum Gasteiger partial charge on any atom is -0.389 e. The molecule has 3 nitrogen and oxygen atoms in total. The van der Waals surface area contributed by atoms with Crippen LogP contribution in [0.15, 0.2) is 0 Å². The Morgan fingerprint density at radius 2 is 2.06 bits per heavy atom. The van der Waals surface area contributed by atoms with Gasteiger partial charge in [-0.25, -0.2) is 0 Å². The molecule has 1 unspecified atom stereocenters. The van der Waals surface area contributed by atoms with Crippen LogP contribution in [0.2, 0.25) is 0 Å². The third-order valence-corrected chi connectivity index (χ3v) is 4.43. The van der Waals surface area contributed by atoms with Crippen molar-refractivity contribution in [2.75, 3.05) is 32.8 Å². The number of hydrogen-bond donors (Lipinski definition) is 1. The predicted octanol–water partition coefficient (Wildman–Crippen LogP) is 2.43. The maximum absolute atomic E-state index is 10.0. The lowest BCUT2D eigenvalue weighted by Crippen LogP contribution is -2.46. The molecule has 2 heterocycles. The van der Waals surface area contributed by atoms with E-state index in [0.717, 1.165) is 38.5 Å². The van der Waals surface area contributed by atoms with Crippen LogP contribution >= 0.6 is 0 Å². The van der Waals surface area contributed by atoms with E-state index in [4.69, 9.17) is 4.74 Å². The largest absolute Gasteiger partial charge is 0.389 e. The van der Waals surface area contributed by atoms with Crippen molar-refractivity contribution in [3.8, 4) is 0 Å². The van der Waals surface area contributed by atoms with E-state index in [-0.39, 0.29) is 0 Å². The van der Waals surface area contributed by atoms with Gasteiger partial charge < -0.3 is 14.7 Å². The van der Waals surface area contributed by atoms with E-state index in [2.05, 4.69) is 4.90 Å². The highest BCUT2D eigenvalue weighted by molar-refractivity contribution is 4.82. The van der Waals surface area contributed by atoms with Crippen LogP contribution in [-0.2, 0) is 4.74 Å². The summed E-state index contributed by atoms with van der Waals surface area (Å²) in [7, 11) is 0. The molecule has 0 aromatic heterocycles. The third kappa shape index (κ3) is 4.87. The van der Waals surface area contributed by atoms with Crippen molar-refractivity contribution < 1.29 is 9.84 Å². The number of hydrogen-bond acceptors (Lipinski definition) is 3. The maximum Gasteiger partial charge on any atom is 0.0746 e. The third-order valence-electron chi connectivity index (χ3n) is 4.43. The first-order valence-electron chi connectivity index (χ1n) is 7.68. The summed E-state index contributed by atoms with van der Waals surface area (Å²) in [4.78, 5) is 2.44. The molecular formula is C15H29NO2. The Balaban J connectivity index is 1.54. The van der Waals surface area contributed by atoms with Gasteiger partial charge in [-0.2, -0.15) is 0 Å². The molecule has 2 aliphatic rings. The van der Waals surface area contributed by atoms with Gasteiger partial charge >= 0.3 is 0 Å². The lowest BCUT2D eigenvalue weighted by molar-refractivity contribution is -0.0160. The molecule has 106 valence electrons. The van der Waals surface area contributed by atoms with Gasteiger partial charge in [-0.1, -0.05) is 12.8 Å². The molecule has 2 fully saturated rings. The van der Waals surface area contributed by atoms with Crippen LogP contribution in [0, 0.1) is 5.92 Å². The number of nitrogens with zero attached hydrogens (tertiary/aromatic N) is 1. The lowest BCUT2D eigenvalue weighted by atomic mass is 9.93. The second-order valence-corrected chi connectivity index (χ2v) is 6.43. The normalized spacial score (nSPS) is 31.7. The van der Waals surface area contributed by atoms with Crippen molar-refractivity contribution in [1.82, 2.24) is 4.90 Å². The molecule has 0 bridgehead atoms. The van der Waals surface area contributed by atoms with Gasteiger partial charge in [0.2, 0.25) is 0 Å². The standard InChI is InChI=1S/C15H29NO2/c1-15(17)8-4-10-16(13-15)9-3-2-5-14-6-11-18-12-7-14/h14,17H,2-13H2,1H3. The summed E-state index contributed by atoms with van der Waals surface area (Å²) in [6.45, 7) is 7.12. The van der Waals surface area contributed by atoms with Crippen molar-refractivity contribution in [3.05, 3.63) is 0 Å². The van der Waals surface area contributed by atoms with Gasteiger partial charge in [-0.3, -0.25) is 0 Å². The summed E-state index contributed by atoms with van der Waals surface area (Å²) in [6.07, 6.45) is 8.62. The zero-order valence-electron chi connectivity index (χ0n) is 11.9. The average Bonchev–Trinajstić information content (AvgIpc) is 2.35. The van der Waals surface area contributed by atoms with E-state index in [1.807, 2.05) is 6.92 Å². The monoisotopic (exact) mass is 255 g/mol. The molecule has 0 aliphatic carbocycles. The number of aliphatic hydroxyl groups is 1. The van der Waals surface area contributed by atoms with E-state index in [1.54, 1.807) is 0 Å². The fourth-order valence-corrected chi connectivity index (χ4v) is 3.32. The van der Waals surface area contributed by atoms with Crippen LogP contribution < -0.4 is 0 Å². The fraction of sp³-hybridized carbons (Fsp3) is 1.00. The second-order valence-electron chi connectivity index (χ2n) is 6.43. The Morgan fingerprint density at radius 3 is 2.78 bits per heavy atom. The number of unbranched alkanes of at least 4 members (excludes halogenated alkanes) is 1. The fourth-order valence-electron chi connectivity index (χ4n) is 3.32. The van der Waals surface area contributed by atoms with E-state index < -0.39 is 5.60 Å². The number of likely N-dealkylation sites (tertiary alicyclic amines) is 1. The summed E-state index contributed by atoms with van der Waals surface area (Å²) in [6, 6.07) is 0. The van der Waals surface area contributed by atoms with Gasteiger partial charge in [0.15, 0.2) is 0 Å². The summed E-state index contributed by atoms with van der Waals surface area (Å²) in [5, 5.41) is 10.0. The van der Waals surface area contributed by atoms with Gasteiger partial charge in [0.05, 0.1) is 5.60 Å². The molecular weight excluding hydrogens is 226 g/mol. The molecule has 0 saturated carbocycles. The predicted molar refractivity (Wildman–Crippen MR) is 73.7 cm³/mol. The Kier molecular flexibility index (Phi) is 5.46. The Morgan fingerprint density at radius 1 is 1.28 bits per heavy atom. The Hall–Kier alpha value is -0.120. The first-order chi connectivity index (χ1) is 8.66. The molecule has 0 aromatic carbocycles. The van der Waals surface area contributed by atoms with Crippen molar-refractivity contribution in [2.45, 2.75) is 57.5 Å². The highest BCUT2D eigenvalue weighted by atomic mass is 16.5. The molecule has 18 heavy (non-hydrogen) atoms. The van der Waals surface area contributed by atoms with Crippen molar-refractivity contribution >= 4 is 0 Å². The summed E-state index contributed by atoms with van der Waals surface area (Å²) >= 11 is 0. The number of β-amino-alcohol motifs (C(OH)–C–C–N with tert-alkyl or cyclic N) is 1. The first-order valence-corrected chi connectivity index (χ1v) is 7.68. The summed E-state index contributed by atoms with van der Waals surface area (Å²) < 4.78 is 5.39. The van der Waals surface area contributed by atoms with E-state index in [9.17, 15) is 5.11 Å². The van der Waals surface area contributed by atoms with Gasteiger partial charge in [-0.05, 0) is 58.0 Å². The van der Waals surface area contributed by atoms with Crippen LogP contribution in [0.4, 0.5) is 0 Å². The molecule has 2 saturated heterocycles. The molecule has 0 aromatic rings. The van der Waals surface area contributed by atoms with Crippen LogP contribution in [-0.4, -0.2) is 48.5 Å². The van der Waals surface area contributed by atoms with E-state index in [0.29, 0.717) is 0 Å².